The molecule has 3 rings (SSSR count). The molecule has 0 radical (unpaired) electrons. The lowest BCUT2D eigenvalue weighted by atomic mass is 9.83. The fourth-order valence-corrected chi connectivity index (χ4v) is 3.16. The molecular formula is C25H34N2O. The Morgan fingerprint density at radius 3 is 2.25 bits per heavy atom. The zero-order valence-electron chi connectivity index (χ0n) is 17.2. The summed E-state index contributed by atoms with van der Waals surface area (Å²) in [6.45, 7) is 13.6. The number of para-hydroxylation sites is 1. The molecule has 0 amide bonds. The summed E-state index contributed by atoms with van der Waals surface area (Å²) in [6.07, 6.45) is 1.81. The summed E-state index contributed by atoms with van der Waals surface area (Å²) in [5, 5.41) is 15.7. The third-order valence-corrected chi connectivity index (χ3v) is 4.80. The lowest BCUT2D eigenvalue weighted by molar-refractivity contribution is 0.411. The predicted octanol–water partition coefficient (Wildman–Crippen LogP) is 6.43. The Morgan fingerprint density at radius 1 is 0.929 bits per heavy atom. The summed E-state index contributed by atoms with van der Waals surface area (Å²) in [5.41, 5.74) is 4.92. The number of phenolic OH excluding ortho intramolecular Hbond substituents is 1. The Labute approximate surface area is 169 Å². The van der Waals surface area contributed by atoms with E-state index in [1.54, 1.807) is 0 Å². The maximum absolute atomic E-state index is 11.1. The number of rotatable bonds is 3. The van der Waals surface area contributed by atoms with Crippen LogP contribution in [0.15, 0.2) is 48.7 Å². The Morgan fingerprint density at radius 2 is 1.61 bits per heavy atom. The number of aromatic nitrogens is 1. The second kappa shape index (κ2) is 7.92. The standard InChI is InChI=1S/C24H30N2O.CH4/c1-23(2,3)17-13-16(15-26-24(4,5)6)22(27)20(14-17)18-11-12-25-21-10-8-7-9-19(18)21;/h7-14,26-27H,15H2,1-6H3;1H4. The fraction of sp³-hybridized carbons (Fsp3) is 0.400. The van der Waals surface area contributed by atoms with Crippen molar-refractivity contribution >= 4 is 10.9 Å². The SMILES string of the molecule is C.CC(C)(C)NCc1cc(C(C)(C)C)cc(-c2ccnc3ccccc23)c1O. The number of pyridine rings is 1. The monoisotopic (exact) mass is 378 g/mol. The average molecular weight is 379 g/mol. The first kappa shape index (κ1) is 21.9. The first-order chi connectivity index (χ1) is 12.6. The highest BCUT2D eigenvalue weighted by molar-refractivity contribution is 5.96. The van der Waals surface area contributed by atoms with E-state index in [1.807, 2.05) is 30.5 Å². The van der Waals surface area contributed by atoms with Crippen LogP contribution in [0.2, 0.25) is 0 Å². The van der Waals surface area contributed by atoms with Gasteiger partial charge >= 0.3 is 0 Å². The number of nitrogens with one attached hydrogen (secondary N) is 1. The van der Waals surface area contributed by atoms with Gasteiger partial charge < -0.3 is 10.4 Å². The van der Waals surface area contributed by atoms with Crippen molar-refractivity contribution in [1.29, 1.82) is 0 Å². The molecule has 1 heterocycles. The lowest BCUT2D eigenvalue weighted by Gasteiger charge is -2.25. The van der Waals surface area contributed by atoms with Crippen LogP contribution in [0, 0.1) is 0 Å². The molecule has 0 saturated carbocycles. The molecule has 0 aliphatic rings. The zero-order chi connectivity index (χ0) is 19.8. The molecular weight excluding hydrogens is 344 g/mol. The van der Waals surface area contributed by atoms with Crippen LogP contribution in [-0.2, 0) is 12.0 Å². The van der Waals surface area contributed by atoms with Crippen LogP contribution in [0.3, 0.4) is 0 Å². The van der Waals surface area contributed by atoms with Crippen molar-refractivity contribution in [3.05, 3.63) is 59.8 Å². The summed E-state index contributed by atoms with van der Waals surface area (Å²) in [5.74, 6) is 0.344. The molecule has 0 saturated heterocycles. The van der Waals surface area contributed by atoms with Gasteiger partial charge in [0.25, 0.3) is 0 Å². The van der Waals surface area contributed by atoms with Crippen molar-refractivity contribution in [2.45, 2.75) is 66.5 Å². The Hall–Kier alpha value is -2.39. The molecule has 2 aromatic carbocycles. The molecule has 0 atom stereocenters. The van der Waals surface area contributed by atoms with Gasteiger partial charge in [-0.05, 0) is 55.5 Å². The third kappa shape index (κ3) is 4.71. The van der Waals surface area contributed by atoms with E-state index in [9.17, 15) is 5.11 Å². The lowest BCUT2D eigenvalue weighted by Crippen LogP contribution is -2.35. The highest BCUT2D eigenvalue weighted by Crippen LogP contribution is 2.39. The van der Waals surface area contributed by atoms with Gasteiger partial charge in [-0.25, -0.2) is 0 Å². The molecule has 0 fully saturated rings. The van der Waals surface area contributed by atoms with Gasteiger partial charge in [-0.1, -0.05) is 52.5 Å². The van der Waals surface area contributed by atoms with E-state index >= 15 is 0 Å². The highest BCUT2D eigenvalue weighted by Gasteiger charge is 2.21. The van der Waals surface area contributed by atoms with Gasteiger partial charge in [-0.2, -0.15) is 0 Å². The van der Waals surface area contributed by atoms with Crippen LogP contribution in [0.4, 0.5) is 0 Å². The van der Waals surface area contributed by atoms with Gasteiger partial charge in [0.15, 0.2) is 0 Å². The summed E-state index contributed by atoms with van der Waals surface area (Å²) in [6, 6.07) is 14.3. The molecule has 2 N–H and O–H groups in total. The van der Waals surface area contributed by atoms with Crippen LogP contribution in [0.5, 0.6) is 5.75 Å². The van der Waals surface area contributed by atoms with E-state index in [2.05, 4.69) is 70.0 Å². The van der Waals surface area contributed by atoms with Crippen molar-refractivity contribution in [2.24, 2.45) is 0 Å². The Bertz CT molecular complexity index is 957. The Balaban J connectivity index is 0.00000280. The van der Waals surface area contributed by atoms with Gasteiger partial charge in [-0.3, -0.25) is 4.98 Å². The normalized spacial score (nSPS) is 12.1. The molecule has 1 aromatic heterocycles. The molecule has 3 aromatic rings. The van der Waals surface area contributed by atoms with Gasteiger partial charge in [0.05, 0.1) is 5.52 Å². The van der Waals surface area contributed by atoms with Crippen LogP contribution in [0.1, 0.15) is 60.1 Å². The van der Waals surface area contributed by atoms with E-state index in [0.29, 0.717) is 12.3 Å². The van der Waals surface area contributed by atoms with Crippen LogP contribution < -0.4 is 5.32 Å². The summed E-state index contributed by atoms with van der Waals surface area (Å²) in [7, 11) is 0. The number of benzene rings is 2. The molecule has 0 aliphatic heterocycles. The van der Waals surface area contributed by atoms with E-state index in [-0.39, 0.29) is 18.4 Å². The molecule has 3 nitrogen and oxygen atoms in total. The minimum atomic E-state index is -0.0201. The molecule has 0 spiro atoms. The minimum absolute atomic E-state index is 0. The number of hydrogen-bond donors (Lipinski definition) is 2. The van der Waals surface area contributed by atoms with Crippen molar-refractivity contribution in [3.63, 3.8) is 0 Å². The van der Waals surface area contributed by atoms with Gasteiger partial charge in [0.2, 0.25) is 0 Å². The van der Waals surface area contributed by atoms with E-state index < -0.39 is 0 Å². The number of nitrogens with zero attached hydrogens (tertiary/aromatic N) is 1. The maximum Gasteiger partial charge on any atom is 0.127 e. The number of hydrogen-bond acceptors (Lipinski definition) is 3. The third-order valence-electron chi connectivity index (χ3n) is 4.80. The minimum Gasteiger partial charge on any atom is -0.507 e. The highest BCUT2D eigenvalue weighted by atomic mass is 16.3. The maximum atomic E-state index is 11.1. The molecule has 0 bridgehead atoms. The van der Waals surface area contributed by atoms with Crippen LogP contribution >= 0.6 is 0 Å². The quantitative estimate of drug-likeness (QED) is 0.552. The van der Waals surface area contributed by atoms with Crippen LogP contribution in [0.25, 0.3) is 22.0 Å². The number of fused-ring (bicyclic) bond motifs is 1. The average Bonchev–Trinajstić information content (AvgIpc) is 2.59. The van der Waals surface area contributed by atoms with E-state index in [1.165, 1.54) is 5.56 Å². The smallest absolute Gasteiger partial charge is 0.127 e. The van der Waals surface area contributed by atoms with Gasteiger partial charge in [-0.15, -0.1) is 0 Å². The summed E-state index contributed by atoms with van der Waals surface area (Å²) in [4.78, 5) is 4.47. The van der Waals surface area contributed by atoms with Gasteiger partial charge in [0, 0.05) is 34.8 Å². The van der Waals surface area contributed by atoms with E-state index in [4.69, 9.17) is 0 Å². The van der Waals surface area contributed by atoms with Gasteiger partial charge in [0.1, 0.15) is 5.75 Å². The fourth-order valence-electron chi connectivity index (χ4n) is 3.16. The van der Waals surface area contributed by atoms with Crippen molar-refractivity contribution in [1.82, 2.24) is 10.3 Å². The summed E-state index contributed by atoms with van der Waals surface area (Å²) >= 11 is 0. The molecule has 28 heavy (non-hydrogen) atoms. The predicted molar refractivity (Wildman–Crippen MR) is 121 cm³/mol. The zero-order valence-corrected chi connectivity index (χ0v) is 17.2. The second-order valence-corrected chi connectivity index (χ2v) is 9.26. The van der Waals surface area contributed by atoms with Crippen molar-refractivity contribution in [3.8, 4) is 16.9 Å². The molecule has 150 valence electrons. The Kier molecular flexibility index (Phi) is 6.20. The molecule has 3 heteroatoms. The first-order valence-electron chi connectivity index (χ1n) is 9.52. The van der Waals surface area contributed by atoms with Crippen molar-refractivity contribution < 1.29 is 5.11 Å². The second-order valence-electron chi connectivity index (χ2n) is 9.26. The molecule has 0 unspecified atom stereocenters. The van der Waals surface area contributed by atoms with E-state index in [0.717, 1.165) is 27.6 Å². The number of phenols is 1. The molecule has 0 aliphatic carbocycles. The van der Waals surface area contributed by atoms with Crippen molar-refractivity contribution in [2.75, 3.05) is 0 Å². The topological polar surface area (TPSA) is 45.2 Å². The first-order valence-corrected chi connectivity index (χ1v) is 9.52. The summed E-state index contributed by atoms with van der Waals surface area (Å²) < 4.78 is 0. The van der Waals surface area contributed by atoms with Crippen LogP contribution in [-0.4, -0.2) is 15.6 Å². The number of aromatic hydroxyl groups is 1. The largest absolute Gasteiger partial charge is 0.507 e.